The fraction of sp³-hybridized carbons (Fsp3) is 0.450. The van der Waals surface area contributed by atoms with Crippen molar-refractivity contribution < 1.29 is 42.0 Å². The molecule has 9 N–H and O–H groups in total. The quantitative estimate of drug-likeness (QED) is 0.0434. The van der Waals surface area contributed by atoms with E-state index < -0.39 is 53.9 Å². The van der Waals surface area contributed by atoms with Crippen molar-refractivity contribution in [1.82, 2.24) is 46.9 Å². The number of amides is 9. The van der Waals surface area contributed by atoms with Crippen molar-refractivity contribution in [2.75, 3.05) is 35.6 Å². The molecule has 6 bridgehead atoms. The Kier molecular flexibility index (Phi) is 19.1. The molecule has 4 heterocycles. The third-order valence-electron chi connectivity index (χ3n) is 13.8. The van der Waals surface area contributed by atoms with Crippen molar-refractivity contribution in [2.24, 2.45) is 0 Å². The van der Waals surface area contributed by atoms with Gasteiger partial charge in [0.15, 0.2) is 17.1 Å². The highest BCUT2D eigenvalue weighted by molar-refractivity contribution is 5.95. The maximum Gasteiger partial charge on any atom is 0.319 e. The number of aryl methyl sites for hydroxylation is 3. The van der Waals surface area contributed by atoms with Crippen molar-refractivity contribution in [1.29, 1.82) is 0 Å². The van der Waals surface area contributed by atoms with Gasteiger partial charge in [-0.3, -0.25) is 14.4 Å². The molecule has 81 heavy (non-hydrogen) atoms. The monoisotopic (exact) mass is 1110 g/mol. The average Bonchev–Trinajstić information content (AvgIpc) is 4.12. The Morgan fingerprint density at radius 2 is 0.654 bits per heavy atom. The van der Waals surface area contributed by atoms with Crippen LogP contribution in [0.4, 0.5) is 31.4 Å². The van der Waals surface area contributed by atoms with E-state index in [-0.39, 0.29) is 107 Å². The van der Waals surface area contributed by atoms with E-state index in [1.807, 2.05) is 72.8 Å². The van der Waals surface area contributed by atoms with Crippen LogP contribution in [0.25, 0.3) is 0 Å². The first-order valence-corrected chi connectivity index (χ1v) is 27.5. The Hall–Kier alpha value is -8.49. The van der Waals surface area contributed by atoms with Gasteiger partial charge in [-0.25, -0.2) is 29.3 Å². The molecule has 1 aliphatic rings. The molecule has 9 amide bonds. The maximum absolute atomic E-state index is 14.3. The Morgan fingerprint density at radius 3 is 0.877 bits per heavy atom. The summed E-state index contributed by atoms with van der Waals surface area (Å²) < 4.78 is 18.4. The number of hydrogen-bond acceptors (Lipinski definition) is 12. The molecule has 21 nitrogen and oxygen atoms in total. The number of nitrogens with zero attached hydrogens (tertiary/aromatic N) is 3. The topological polar surface area (TPSA) is 289 Å². The van der Waals surface area contributed by atoms with E-state index in [0.29, 0.717) is 36.3 Å². The van der Waals surface area contributed by atoms with Gasteiger partial charge in [-0.2, -0.15) is 0 Å². The molecule has 0 fully saturated rings. The molecule has 0 radical (unpaired) electrons. The van der Waals surface area contributed by atoms with Crippen molar-refractivity contribution in [3.8, 4) is 0 Å². The van der Waals surface area contributed by atoms with Crippen LogP contribution in [0, 0.1) is 20.8 Å². The fourth-order valence-corrected chi connectivity index (χ4v) is 8.99. The zero-order valence-corrected chi connectivity index (χ0v) is 48.5. The summed E-state index contributed by atoms with van der Waals surface area (Å²) in [6.07, 6.45) is 1.59. The number of nitrogens with one attached hydrogen (secondary N) is 9. The maximum atomic E-state index is 14.3. The molecule has 3 aromatic heterocycles. The fourth-order valence-electron chi connectivity index (χ4n) is 8.99. The number of benzene rings is 3. The number of carbonyl (C=O) groups is 6. The average molecular weight is 1110 g/mol. The lowest BCUT2D eigenvalue weighted by Crippen LogP contribution is -2.34. The Balaban J connectivity index is 1.11. The molecule has 432 valence electrons. The van der Waals surface area contributed by atoms with E-state index in [1.54, 1.807) is 20.8 Å². The predicted molar refractivity (Wildman–Crippen MR) is 309 cm³/mol. The number of hydrogen-bond donors (Lipinski definition) is 9. The van der Waals surface area contributed by atoms with Crippen LogP contribution in [0.3, 0.4) is 0 Å². The number of urea groups is 3. The minimum atomic E-state index is -0.934. The van der Waals surface area contributed by atoms with E-state index in [4.69, 9.17) is 13.3 Å². The van der Waals surface area contributed by atoms with Gasteiger partial charge in [-0.15, -0.1) is 0 Å². The summed E-state index contributed by atoms with van der Waals surface area (Å²) in [4.78, 5) is 95.7. The second-order valence-corrected chi connectivity index (χ2v) is 23.5. The third kappa shape index (κ3) is 16.5. The second-order valence-electron chi connectivity index (χ2n) is 23.5. The van der Waals surface area contributed by atoms with Gasteiger partial charge in [0.2, 0.25) is 17.7 Å². The van der Waals surface area contributed by atoms with Crippen LogP contribution in [0.2, 0.25) is 0 Å². The van der Waals surface area contributed by atoms with E-state index in [1.165, 1.54) is 0 Å². The van der Waals surface area contributed by atoms with Crippen LogP contribution in [0.15, 0.2) is 86.0 Å². The first-order valence-electron chi connectivity index (χ1n) is 27.5. The molecular weight excluding hydrogens is 1030 g/mol. The van der Waals surface area contributed by atoms with Gasteiger partial charge < -0.3 is 61.1 Å². The minimum absolute atomic E-state index is 0.0227. The molecule has 7 rings (SSSR count). The van der Waals surface area contributed by atoms with Gasteiger partial charge in [0.25, 0.3) is 17.7 Å². The number of aromatic nitrogens is 3. The molecule has 3 aromatic carbocycles. The minimum Gasteiger partial charge on any atom is -0.443 e. The van der Waals surface area contributed by atoms with E-state index >= 15 is 0 Å². The summed E-state index contributed by atoms with van der Waals surface area (Å²) in [7, 11) is 0. The van der Waals surface area contributed by atoms with Crippen molar-refractivity contribution >= 4 is 52.9 Å². The largest absolute Gasteiger partial charge is 0.443 e. The second kappa shape index (κ2) is 25.7. The smallest absolute Gasteiger partial charge is 0.319 e. The molecule has 0 spiro atoms. The van der Waals surface area contributed by atoms with Crippen molar-refractivity contribution in [3.05, 3.63) is 142 Å². The van der Waals surface area contributed by atoms with Crippen LogP contribution < -0.4 is 47.9 Å². The zero-order chi connectivity index (χ0) is 58.8. The molecule has 21 heteroatoms. The summed E-state index contributed by atoms with van der Waals surface area (Å²) in [5.41, 5.74) is 4.86. The lowest BCUT2D eigenvalue weighted by molar-refractivity contribution is 0.0914. The number of oxazole rings is 3. The summed E-state index contributed by atoms with van der Waals surface area (Å²) in [6.45, 7) is 24.3. The Bertz CT molecular complexity index is 2840. The van der Waals surface area contributed by atoms with Crippen LogP contribution in [0.5, 0.6) is 0 Å². The van der Waals surface area contributed by atoms with Gasteiger partial charge >= 0.3 is 18.1 Å². The third-order valence-corrected chi connectivity index (χ3v) is 13.8. The predicted octanol–water partition coefficient (Wildman–Crippen LogP) is 11.0. The molecule has 0 unspecified atom stereocenters. The summed E-state index contributed by atoms with van der Waals surface area (Å²) in [5.74, 6) is -1.45. The zero-order valence-electron chi connectivity index (χ0n) is 48.5. The SMILES string of the molecule is Cc1oc2nc1C(=O)N[C@@H](CCCNC(=O)Nc1ccc(C(C)(C)C)cc1)c1nc(c(C)o1)C(=O)N[C@@H](CCCNC(=O)Nc1ccc(C(C)(C)C)cc1)c1nc(c(C)o1)C(=O)N[C@H]2CCCNC(=O)Nc1ccc(C(C)(C)C)cc1. The van der Waals surface area contributed by atoms with Crippen molar-refractivity contribution in [3.63, 3.8) is 0 Å². The lowest BCUT2D eigenvalue weighted by atomic mass is 9.87. The molecule has 0 saturated heterocycles. The van der Waals surface area contributed by atoms with Gasteiger partial charge in [0.1, 0.15) is 35.4 Å². The number of carbonyl (C=O) groups excluding carboxylic acids is 6. The Labute approximate surface area is 473 Å². The summed E-state index contributed by atoms with van der Waals surface area (Å²) >= 11 is 0. The summed E-state index contributed by atoms with van der Waals surface area (Å²) in [5, 5.41) is 26.0. The Morgan fingerprint density at radius 1 is 0.420 bits per heavy atom. The van der Waals surface area contributed by atoms with Crippen molar-refractivity contribution in [2.45, 2.75) is 156 Å². The first kappa shape index (κ1) is 60.2. The van der Waals surface area contributed by atoms with Crippen LogP contribution in [0.1, 0.15) is 202 Å². The van der Waals surface area contributed by atoms with E-state index in [2.05, 4.69) is 125 Å². The van der Waals surface area contributed by atoms with Crippen LogP contribution in [-0.2, 0) is 16.2 Å². The lowest BCUT2D eigenvalue weighted by Gasteiger charge is -2.19. The molecule has 6 aromatic rings. The highest BCUT2D eigenvalue weighted by atomic mass is 16.4. The number of fused-ring (bicyclic) bond motifs is 6. The molecule has 0 aliphatic carbocycles. The standard InChI is InChI=1S/C60H78N12O9/c1-34-46-49(73)67-44(17-14-32-62-56(77)65-41-27-21-38(22-28-41)59(7,8)9)53-71-48(36(3)80-53)51(75)69-45(18-15-33-63-57(78)66-42-29-23-39(24-30-42)60(10,11)12)54-72-47(35(2)81-54)50(74)68-43(52(70-46)79-34)16-13-31-61-55(76)64-40-25-19-37(20-26-40)58(4,5)6/h19-30,43-45H,13-18,31-33H2,1-12H3,(H,67,73)(H,68,74)(H,69,75)(H2,61,64,76)(H2,62,65,77)(H2,63,66,78)/t43-,44-,45-/m0/s1. The van der Waals surface area contributed by atoms with E-state index in [0.717, 1.165) is 16.7 Å². The molecule has 1 aliphatic heterocycles. The summed E-state index contributed by atoms with van der Waals surface area (Å²) in [6, 6.07) is 18.8. The van der Waals surface area contributed by atoms with Crippen LogP contribution >= 0.6 is 0 Å². The van der Waals surface area contributed by atoms with Gasteiger partial charge in [0.05, 0.1) is 0 Å². The van der Waals surface area contributed by atoms with Crippen LogP contribution in [-0.4, -0.2) is 70.4 Å². The van der Waals surface area contributed by atoms with E-state index in [9.17, 15) is 28.8 Å². The molecular formula is C60H78N12O9. The van der Waals surface area contributed by atoms with Gasteiger partial charge in [0, 0.05) is 36.7 Å². The highest BCUT2D eigenvalue weighted by Crippen LogP contribution is 2.30. The van der Waals surface area contributed by atoms with Gasteiger partial charge in [-0.05, 0) is 129 Å². The normalized spacial score (nSPS) is 16.0. The molecule has 0 saturated carbocycles. The first-order chi connectivity index (χ1) is 38.2. The highest BCUT2D eigenvalue weighted by Gasteiger charge is 2.33. The number of rotatable bonds is 15. The number of anilines is 3. The van der Waals surface area contributed by atoms with Gasteiger partial charge in [-0.1, -0.05) is 98.7 Å². The molecule has 3 atom stereocenters.